The summed E-state index contributed by atoms with van der Waals surface area (Å²) in [5, 5.41) is 9.22. The Labute approximate surface area is 125 Å². The van der Waals surface area contributed by atoms with Gasteiger partial charge in [0.25, 0.3) is 0 Å². The maximum atomic E-state index is 12.5. The fourth-order valence-corrected chi connectivity index (χ4v) is 3.78. The predicted molar refractivity (Wildman–Crippen MR) is 81.5 cm³/mol. The van der Waals surface area contributed by atoms with Gasteiger partial charge >= 0.3 is 10.2 Å². The van der Waals surface area contributed by atoms with Gasteiger partial charge in [-0.2, -0.15) is 12.7 Å². The SMILES string of the molecule is CCOc1ccccc1NS(=O)(=O)N1CCCC(CO)C1. The number of hydrogen-bond donors (Lipinski definition) is 2. The van der Waals surface area contributed by atoms with E-state index in [0.29, 0.717) is 31.1 Å². The van der Waals surface area contributed by atoms with Crippen LogP contribution in [0.25, 0.3) is 0 Å². The highest BCUT2D eigenvalue weighted by atomic mass is 32.2. The zero-order valence-corrected chi connectivity index (χ0v) is 13.0. The highest BCUT2D eigenvalue weighted by Gasteiger charge is 2.29. The van der Waals surface area contributed by atoms with Crippen LogP contribution in [0, 0.1) is 5.92 Å². The van der Waals surface area contributed by atoms with E-state index in [2.05, 4.69) is 4.72 Å². The molecule has 1 aliphatic rings. The number of aliphatic hydroxyl groups excluding tert-OH is 1. The summed E-state index contributed by atoms with van der Waals surface area (Å²) in [6.45, 7) is 3.16. The van der Waals surface area contributed by atoms with Crippen LogP contribution in [-0.2, 0) is 10.2 Å². The third kappa shape index (κ3) is 4.09. The van der Waals surface area contributed by atoms with Crippen molar-refractivity contribution in [2.75, 3.05) is 31.0 Å². The molecule has 0 aliphatic carbocycles. The molecule has 21 heavy (non-hydrogen) atoms. The van der Waals surface area contributed by atoms with Crippen molar-refractivity contribution in [2.45, 2.75) is 19.8 Å². The molecule has 1 unspecified atom stereocenters. The number of nitrogens with zero attached hydrogens (tertiary/aromatic N) is 1. The Morgan fingerprint density at radius 3 is 2.90 bits per heavy atom. The van der Waals surface area contributed by atoms with Crippen molar-refractivity contribution in [3.63, 3.8) is 0 Å². The second-order valence-corrected chi connectivity index (χ2v) is 6.76. The number of aliphatic hydroxyl groups is 1. The van der Waals surface area contributed by atoms with E-state index in [9.17, 15) is 13.5 Å². The molecule has 118 valence electrons. The minimum Gasteiger partial charge on any atom is -0.492 e. The van der Waals surface area contributed by atoms with Gasteiger partial charge < -0.3 is 9.84 Å². The molecule has 1 aliphatic heterocycles. The molecule has 7 heteroatoms. The van der Waals surface area contributed by atoms with Crippen molar-refractivity contribution in [1.82, 2.24) is 4.31 Å². The number of ether oxygens (including phenoxy) is 1. The molecule has 1 atom stereocenters. The van der Waals surface area contributed by atoms with Crippen molar-refractivity contribution in [3.8, 4) is 5.75 Å². The number of benzene rings is 1. The lowest BCUT2D eigenvalue weighted by atomic mass is 10.0. The van der Waals surface area contributed by atoms with Crippen LogP contribution in [0.1, 0.15) is 19.8 Å². The second-order valence-electron chi connectivity index (χ2n) is 5.09. The highest BCUT2D eigenvalue weighted by Crippen LogP contribution is 2.27. The lowest BCUT2D eigenvalue weighted by Crippen LogP contribution is -2.43. The average Bonchev–Trinajstić information content (AvgIpc) is 2.49. The molecule has 1 saturated heterocycles. The van der Waals surface area contributed by atoms with Gasteiger partial charge in [0, 0.05) is 19.7 Å². The van der Waals surface area contributed by atoms with E-state index in [-0.39, 0.29) is 12.5 Å². The van der Waals surface area contributed by atoms with Crippen LogP contribution >= 0.6 is 0 Å². The summed E-state index contributed by atoms with van der Waals surface area (Å²) >= 11 is 0. The zero-order chi connectivity index (χ0) is 15.3. The molecule has 2 rings (SSSR count). The molecule has 0 bridgehead atoms. The van der Waals surface area contributed by atoms with Gasteiger partial charge in [-0.3, -0.25) is 4.72 Å². The first-order chi connectivity index (χ1) is 10.1. The normalized spacial score (nSPS) is 20.2. The van der Waals surface area contributed by atoms with Crippen LogP contribution in [0.15, 0.2) is 24.3 Å². The van der Waals surface area contributed by atoms with Gasteiger partial charge in [-0.1, -0.05) is 12.1 Å². The molecular formula is C14H22N2O4S. The summed E-state index contributed by atoms with van der Waals surface area (Å²) in [6.07, 6.45) is 1.62. The molecule has 1 heterocycles. The second kappa shape index (κ2) is 7.11. The standard InChI is InChI=1S/C14H22N2O4S/c1-2-20-14-8-4-3-7-13(14)15-21(18,19)16-9-5-6-12(10-16)11-17/h3-4,7-8,12,15,17H,2,5-6,9-11H2,1H3. The highest BCUT2D eigenvalue weighted by molar-refractivity contribution is 7.90. The molecule has 1 aromatic carbocycles. The Hall–Kier alpha value is -1.31. The number of rotatable bonds is 6. The Bertz CT molecular complexity index is 562. The Kier molecular flexibility index (Phi) is 5.44. The molecule has 2 N–H and O–H groups in total. The first-order valence-electron chi connectivity index (χ1n) is 7.17. The number of hydrogen-bond acceptors (Lipinski definition) is 4. The number of nitrogens with one attached hydrogen (secondary N) is 1. The third-order valence-corrected chi connectivity index (χ3v) is 5.00. The average molecular weight is 314 g/mol. The summed E-state index contributed by atoms with van der Waals surface area (Å²) in [5.41, 5.74) is 0.436. The van der Waals surface area contributed by atoms with Crippen LogP contribution in [0.4, 0.5) is 5.69 Å². The van der Waals surface area contributed by atoms with Crippen molar-refractivity contribution in [3.05, 3.63) is 24.3 Å². The Balaban J connectivity index is 2.14. The van der Waals surface area contributed by atoms with Crippen LogP contribution in [-0.4, -0.2) is 44.1 Å². The van der Waals surface area contributed by atoms with Gasteiger partial charge in [0.05, 0.1) is 12.3 Å². The Morgan fingerprint density at radius 2 is 2.19 bits per heavy atom. The number of para-hydroxylation sites is 2. The molecule has 6 nitrogen and oxygen atoms in total. The first-order valence-corrected chi connectivity index (χ1v) is 8.61. The maximum absolute atomic E-state index is 12.5. The fourth-order valence-electron chi connectivity index (χ4n) is 2.43. The van der Waals surface area contributed by atoms with Gasteiger partial charge in [-0.25, -0.2) is 0 Å². The largest absolute Gasteiger partial charge is 0.492 e. The molecule has 1 aromatic rings. The summed E-state index contributed by atoms with van der Waals surface area (Å²) in [6, 6.07) is 6.96. The molecule has 0 saturated carbocycles. The summed E-state index contributed by atoms with van der Waals surface area (Å²) in [7, 11) is -3.63. The van der Waals surface area contributed by atoms with Crippen molar-refractivity contribution < 1.29 is 18.3 Å². The van der Waals surface area contributed by atoms with Gasteiger partial charge in [0.1, 0.15) is 5.75 Å². The first kappa shape index (κ1) is 16.1. The van der Waals surface area contributed by atoms with Gasteiger partial charge in [0.2, 0.25) is 0 Å². The monoisotopic (exact) mass is 314 g/mol. The lowest BCUT2D eigenvalue weighted by molar-refractivity contribution is 0.166. The van der Waals surface area contributed by atoms with E-state index < -0.39 is 10.2 Å². The van der Waals surface area contributed by atoms with Crippen LogP contribution in [0.2, 0.25) is 0 Å². The van der Waals surface area contributed by atoms with Gasteiger partial charge in [-0.05, 0) is 37.8 Å². The summed E-state index contributed by atoms with van der Waals surface area (Å²) in [5.74, 6) is 0.525. The zero-order valence-electron chi connectivity index (χ0n) is 12.2. The molecule has 0 amide bonds. The maximum Gasteiger partial charge on any atom is 0.301 e. The molecule has 0 radical (unpaired) electrons. The van der Waals surface area contributed by atoms with Gasteiger partial charge in [-0.15, -0.1) is 0 Å². The Morgan fingerprint density at radius 1 is 1.43 bits per heavy atom. The predicted octanol–water partition coefficient (Wildman–Crippen LogP) is 1.45. The van der Waals surface area contributed by atoms with Crippen molar-refractivity contribution in [2.24, 2.45) is 5.92 Å². The molecule has 0 spiro atoms. The van der Waals surface area contributed by atoms with Crippen LogP contribution in [0.5, 0.6) is 5.75 Å². The van der Waals surface area contributed by atoms with E-state index in [4.69, 9.17) is 4.74 Å². The molecule has 1 fully saturated rings. The summed E-state index contributed by atoms with van der Waals surface area (Å²) in [4.78, 5) is 0. The van der Waals surface area contributed by atoms with Crippen LogP contribution < -0.4 is 9.46 Å². The quantitative estimate of drug-likeness (QED) is 0.833. The summed E-state index contributed by atoms with van der Waals surface area (Å²) < 4.78 is 34.3. The van der Waals surface area contributed by atoms with Crippen LogP contribution in [0.3, 0.4) is 0 Å². The minimum absolute atomic E-state index is 0.0115. The van der Waals surface area contributed by atoms with Gasteiger partial charge in [0.15, 0.2) is 0 Å². The topological polar surface area (TPSA) is 78.9 Å². The van der Waals surface area contributed by atoms with E-state index in [1.807, 2.05) is 6.92 Å². The molecule has 0 aromatic heterocycles. The lowest BCUT2D eigenvalue weighted by Gasteiger charge is -2.31. The minimum atomic E-state index is -3.63. The smallest absolute Gasteiger partial charge is 0.301 e. The van der Waals surface area contributed by atoms with E-state index in [1.54, 1.807) is 24.3 Å². The van der Waals surface area contributed by atoms with E-state index in [0.717, 1.165) is 12.8 Å². The van der Waals surface area contributed by atoms with Crippen molar-refractivity contribution in [1.29, 1.82) is 0 Å². The van der Waals surface area contributed by atoms with E-state index in [1.165, 1.54) is 4.31 Å². The number of piperidine rings is 1. The molecular weight excluding hydrogens is 292 g/mol. The third-order valence-electron chi connectivity index (χ3n) is 3.51. The van der Waals surface area contributed by atoms with Crippen molar-refractivity contribution >= 4 is 15.9 Å². The number of anilines is 1. The fraction of sp³-hybridized carbons (Fsp3) is 0.571. The van der Waals surface area contributed by atoms with E-state index >= 15 is 0 Å².